The summed E-state index contributed by atoms with van der Waals surface area (Å²) in [6.07, 6.45) is 0.177. The van der Waals surface area contributed by atoms with Crippen LogP contribution < -0.4 is 16.2 Å². The van der Waals surface area contributed by atoms with Crippen LogP contribution in [0.2, 0.25) is 0 Å². The van der Waals surface area contributed by atoms with Gasteiger partial charge in [0.15, 0.2) is 0 Å². The van der Waals surface area contributed by atoms with E-state index in [-0.39, 0.29) is 24.6 Å². The first-order valence-electron chi connectivity index (χ1n) is 8.62. The molecule has 0 aliphatic heterocycles. The van der Waals surface area contributed by atoms with Gasteiger partial charge < -0.3 is 5.32 Å². The van der Waals surface area contributed by atoms with E-state index < -0.39 is 11.8 Å². The lowest BCUT2D eigenvalue weighted by molar-refractivity contribution is -0.126. The molecule has 8 nitrogen and oxygen atoms in total. The van der Waals surface area contributed by atoms with Crippen molar-refractivity contribution in [1.82, 2.24) is 26.4 Å². The van der Waals surface area contributed by atoms with Crippen molar-refractivity contribution >= 4 is 17.7 Å². The molecule has 0 unspecified atom stereocenters. The molecule has 0 spiro atoms. The van der Waals surface area contributed by atoms with Gasteiger partial charge in [0.2, 0.25) is 5.91 Å². The average Bonchev–Trinajstić information content (AvgIpc) is 3.22. The summed E-state index contributed by atoms with van der Waals surface area (Å²) in [5.74, 6) is -1.37. The molecule has 0 aliphatic rings. The summed E-state index contributed by atoms with van der Waals surface area (Å²) in [5.41, 5.74) is 7.05. The smallest absolute Gasteiger partial charge is 0.287 e. The molecular weight excluding hydrogens is 358 g/mol. The zero-order valence-corrected chi connectivity index (χ0v) is 14.9. The second kappa shape index (κ2) is 9.13. The highest BCUT2D eigenvalue weighted by Crippen LogP contribution is 2.16. The number of hydrogen-bond acceptors (Lipinski definition) is 4. The Bertz CT molecular complexity index is 954. The van der Waals surface area contributed by atoms with Crippen molar-refractivity contribution in [3.63, 3.8) is 0 Å². The number of aromatic nitrogens is 2. The summed E-state index contributed by atoms with van der Waals surface area (Å²) in [7, 11) is 0. The summed E-state index contributed by atoms with van der Waals surface area (Å²) in [6.45, 7) is -0.246. The third kappa shape index (κ3) is 5.28. The van der Waals surface area contributed by atoms with E-state index in [0.29, 0.717) is 5.69 Å². The fourth-order valence-corrected chi connectivity index (χ4v) is 2.46. The zero-order valence-electron chi connectivity index (χ0n) is 14.9. The number of H-pyrrole nitrogens is 1. The first-order valence-corrected chi connectivity index (χ1v) is 8.62. The minimum Gasteiger partial charge on any atom is -0.347 e. The molecular formula is C20H19N5O3. The summed E-state index contributed by atoms with van der Waals surface area (Å²) >= 11 is 0. The first kappa shape index (κ1) is 18.8. The van der Waals surface area contributed by atoms with Crippen LogP contribution in [-0.4, -0.2) is 34.5 Å². The van der Waals surface area contributed by atoms with Crippen molar-refractivity contribution in [3.8, 4) is 11.3 Å². The molecule has 1 heterocycles. The zero-order chi connectivity index (χ0) is 19.8. The third-order valence-corrected chi connectivity index (χ3v) is 3.86. The van der Waals surface area contributed by atoms with Crippen molar-refractivity contribution < 1.29 is 14.4 Å². The lowest BCUT2D eigenvalue weighted by Crippen LogP contribution is -2.46. The standard InChI is InChI=1S/C20H19N5O3/c26-18(11-14-7-3-1-4-8-14)21-13-19(27)24-25-20(28)17-12-16(22-23-17)15-9-5-2-6-10-15/h1-10,12H,11,13H2,(H,21,26)(H,22,23)(H,24,27)(H,25,28). The van der Waals surface area contributed by atoms with Crippen LogP contribution in [0.25, 0.3) is 11.3 Å². The number of hydrazine groups is 1. The fraction of sp³-hybridized carbons (Fsp3) is 0.100. The predicted octanol–water partition coefficient (Wildman–Crippen LogP) is 1.20. The van der Waals surface area contributed by atoms with Gasteiger partial charge in [-0.2, -0.15) is 5.10 Å². The predicted molar refractivity (Wildman–Crippen MR) is 103 cm³/mol. The Morgan fingerprint density at radius 3 is 2.25 bits per heavy atom. The molecule has 0 saturated carbocycles. The highest BCUT2D eigenvalue weighted by molar-refractivity contribution is 5.95. The van der Waals surface area contributed by atoms with Crippen LogP contribution in [0.1, 0.15) is 16.1 Å². The maximum atomic E-state index is 12.1. The average molecular weight is 377 g/mol. The van der Waals surface area contributed by atoms with E-state index in [4.69, 9.17) is 0 Å². The second-order valence-electron chi connectivity index (χ2n) is 5.97. The Morgan fingerprint density at radius 1 is 0.857 bits per heavy atom. The monoisotopic (exact) mass is 377 g/mol. The number of carbonyl (C=O) groups excluding carboxylic acids is 3. The molecule has 0 bridgehead atoms. The number of amides is 3. The van der Waals surface area contributed by atoms with Crippen LogP contribution in [0.15, 0.2) is 66.7 Å². The van der Waals surface area contributed by atoms with Gasteiger partial charge in [-0.25, -0.2) is 0 Å². The Hall–Kier alpha value is -3.94. The van der Waals surface area contributed by atoms with Crippen LogP contribution in [0, 0.1) is 0 Å². The molecule has 1 aromatic heterocycles. The Balaban J connectivity index is 1.42. The molecule has 28 heavy (non-hydrogen) atoms. The van der Waals surface area contributed by atoms with Crippen molar-refractivity contribution in [2.45, 2.75) is 6.42 Å². The number of hydrogen-bond donors (Lipinski definition) is 4. The largest absolute Gasteiger partial charge is 0.347 e. The molecule has 0 fully saturated rings. The Kier molecular flexibility index (Phi) is 6.14. The van der Waals surface area contributed by atoms with E-state index in [2.05, 4.69) is 26.4 Å². The maximum Gasteiger partial charge on any atom is 0.287 e. The van der Waals surface area contributed by atoms with E-state index in [1.807, 2.05) is 60.7 Å². The molecule has 142 valence electrons. The van der Waals surface area contributed by atoms with Gasteiger partial charge in [-0.1, -0.05) is 60.7 Å². The molecule has 2 aromatic carbocycles. The number of benzene rings is 2. The third-order valence-electron chi connectivity index (χ3n) is 3.86. The van der Waals surface area contributed by atoms with Crippen LogP contribution in [-0.2, 0) is 16.0 Å². The minimum atomic E-state index is -0.544. The van der Waals surface area contributed by atoms with Crippen LogP contribution in [0.3, 0.4) is 0 Å². The molecule has 3 aromatic rings. The number of aromatic amines is 1. The van der Waals surface area contributed by atoms with E-state index in [0.717, 1.165) is 11.1 Å². The Labute approximate surface area is 161 Å². The fourth-order valence-electron chi connectivity index (χ4n) is 2.46. The highest BCUT2D eigenvalue weighted by atomic mass is 16.2. The molecule has 0 saturated heterocycles. The molecule has 0 atom stereocenters. The molecule has 3 amide bonds. The van der Waals surface area contributed by atoms with Gasteiger partial charge in [0.25, 0.3) is 11.8 Å². The van der Waals surface area contributed by atoms with E-state index >= 15 is 0 Å². The van der Waals surface area contributed by atoms with Gasteiger partial charge >= 0.3 is 0 Å². The topological polar surface area (TPSA) is 116 Å². The van der Waals surface area contributed by atoms with Crippen LogP contribution in [0.5, 0.6) is 0 Å². The highest BCUT2D eigenvalue weighted by Gasteiger charge is 2.12. The number of nitrogens with zero attached hydrogens (tertiary/aromatic N) is 1. The van der Waals surface area contributed by atoms with Gasteiger partial charge in [0.05, 0.1) is 18.7 Å². The van der Waals surface area contributed by atoms with Crippen LogP contribution in [0.4, 0.5) is 0 Å². The first-order chi connectivity index (χ1) is 13.6. The number of carbonyl (C=O) groups is 3. The SMILES string of the molecule is O=C(Cc1ccccc1)NCC(=O)NNC(=O)c1cc(-c2ccccc2)n[nH]1. The summed E-state index contributed by atoms with van der Waals surface area (Å²) in [4.78, 5) is 35.7. The lowest BCUT2D eigenvalue weighted by atomic mass is 10.1. The molecule has 4 N–H and O–H groups in total. The second-order valence-corrected chi connectivity index (χ2v) is 5.97. The lowest BCUT2D eigenvalue weighted by Gasteiger charge is -2.07. The van der Waals surface area contributed by atoms with Crippen LogP contribution >= 0.6 is 0 Å². The molecule has 0 radical (unpaired) electrons. The quantitative estimate of drug-likeness (QED) is 0.483. The number of rotatable bonds is 6. The van der Waals surface area contributed by atoms with Gasteiger partial charge in [-0.05, 0) is 11.6 Å². The Morgan fingerprint density at radius 2 is 1.54 bits per heavy atom. The van der Waals surface area contributed by atoms with Crippen molar-refractivity contribution in [3.05, 3.63) is 78.0 Å². The van der Waals surface area contributed by atoms with Gasteiger partial charge in [0, 0.05) is 5.56 Å². The summed E-state index contributed by atoms with van der Waals surface area (Å²) in [6, 6.07) is 20.1. The summed E-state index contributed by atoms with van der Waals surface area (Å²) < 4.78 is 0. The molecule has 0 aliphatic carbocycles. The van der Waals surface area contributed by atoms with Crippen molar-refractivity contribution in [2.24, 2.45) is 0 Å². The van der Waals surface area contributed by atoms with Crippen molar-refractivity contribution in [1.29, 1.82) is 0 Å². The van der Waals surface area contributed by atoms with E-state index in [1.54, 1.807) is 6.07 Å². The van der Waals surface area contributed by atoms with Gasteiger partial charge in [-0.15, -0.1) is 0 Å². The molecule has 8 heteroatoms. The number of nitrogens with one attached hydrogen (secondary N) is 4. The van der Waals surface area contributed by atoms with Gasteiger partial charge in [-0.3, -0.25) is 30.3 Å². The maximum absolute atomic E-state index is 12.1. The van der Waals surface area contributed by atoms with E-state index in [9.17, 15) is 14.4 Å². The van der Waals surface area contributed by atoms with E-state index in [1.165, 1.54) is 0 Å². The molecule has 3 rings (SSSR count). The normalized spacial score (nSPS) is 10.1. The van der Waals surface area contributed by atoms with Gasteiger partial charge in [0.1, 0.15) is 5.69 Å². The minimum absolute atomic E-state index is 0.177. The summed E-state index contributed by atoms with van der Waals surface area (Å²) in [5, 5.41) is 9.20. The van der Waals surface area contributed by atoms with Crippen molar-refractivity contribution in [2.75, 3.05) is 6.54 Å².